The Morgan fingerprint density at radius 2 is 1.86 bits per heavy atom. The van der Waals surface area contributed by atoms with Gasteiger partial charge in [-0.25, -0.2) is 9.59 Å². The van der Waals surface area contributed by atoms with Crippen molar-refractivity contribution in [3.8, 4) is 0 Å². The summed E-state index contributed by atoms with van der Waals surface area (Å²) in [5.41, 5.74) is 0. The zero-order chi connectivity index (χ0) is 10.8. The molecule has 0 aliphatic carbocycles. The Kier molecular flexibility index (Phi) is 7.50. The van der Waals surface area contributed by atoms with Crippen LogP contribution in [-0.2, 0) is 19.1 Å². The molecule has 0 atom stereocenters. The van der Waals surface area contributed by atoms with E-state index >= 15 is 0 Å². The molecule has 0 bridgehead atoms. The summed E-state index contributed by atoms with van der Waals surface area (Å²) in [5.74, 6) is -1.88. The highest BCUT2D eigenvalue weighted by Crippen LogP contribution is 1.95. The van der Waals surface area contributed by atoms with Gasteiger partial charge >= 0.3 is 11.9 Å². The molecular weight excluding hydrogens is 184 g/mol. The predicted octanol–water partition coefficient (Wildman–Crippen LogP) is 1.45. The second kappa shape index (κ2) is 8.29. The minimum absolute atomic E-state index is 0.0306. The van der Waals surface area contributed by atoms with Gasteiger partial charge in [-0.3, -0.25) is 0 Å². The third-order valence-electron chi connectivity index (χ3n) is 1.48. The van der Waals surface area contributed by atoms with Gasteiger partial charge in [-0.15, -0.1) is 0 Å². The van der Waals surface area contributed by atoms with Crippen molar-refractivity contribution in [2.75, 3.05) is 13.2 Å². The van der Waals surface area contributed by atoms with Gasteiger partial charge in [0.05, 0.1) is 6.61 Å². The highest BCUT2D eigenvalue weighted by atomic mass is 16.6. The van der Waals surface area contributed by atoms with Crippen LogP contribution in [0.1, 0.15) is 26.2 Å². The first-order valence-corrected chi connectivity index (χ1v) is 4.67. The molecule has 0 rings (SSSR count). The van der Waals surface area contributed by atoms with Gasteiger partial charge < -0.3 is 9.47 Å². The van der Waals surface area contributed by atoms with Crippen LogP contribution in [0.3, 0.4) is 0 Å². The summed E-state index contributed by atoms with van der Waals surface area (Å²) in [7, 11) is 0. The van der Waals surface area contributed by atoms with E-state index in [0.717, 1.165) is 19.3 Å². The molecule has 0 unspecified atom stereocenters. The van der Waals surface area contributed by atoms with E-state index in [-0.39, 0.29) is 13.2 Å². The molecule has 0 spiro atoms. The number of unbranched alkanes of at least 4 members (excludes halogenated alkanes) is 2. The minimum Gasteiger partial charge on any atom is -0.457 e. The highest BCUT2D eigenvalue weighted by molar-refractivity contribution is 6.29. The second-order valence-corrected chi connectivity index (χ2v) is 2.73. The van der Waals surface area contributed by atoms with E-state index in [2.05, 4.69) is 16.1 Å². The molecule has 0 amide bonds. The lowest BCUT2D eigenvalue weighted by Gasteiger charge is -2.03. The topological polar surface area (TPSA) is 52.6 Å². The molecule has 0 aromatic heterocycles. The van der Waals surface area contributed by atoms with Gasteiger partial charge in [0.15, 0.2) is 0 Å². The lowest BCUT2D eigenvalue weighted by molar-refractivity contribution is -0.167. The van der Waals surface area contributed by atoms with Crippen molar-refractivity contribution in [2.45, 2.75) is 26.2 Å². The van der Waals surface area contributed by atoms with Crippen LogP contribution in [0, 0.1) is 0 Å². The molecule has 0 aliphatic heterocycles. The molecule has 4 nitrogen and oxygen atoms in total. The molecule has 0 radical (unpaired) electrons. The predicted molar refractivity (Wildman–Crippen MR) is 51.6 cm³/mol. The molecule has 0 aliphatic rings. The van der Waals surface area contributed by atoms with Gasteiger partial charge in [0.2, 0.25) is 0 Å². The molecule has 14 heavy (non-hydrogen) atoms. The summed E-state index contributed by atoms with van der Waals surface area (Å²) in [6.45, 7) is 5.70. The van der Waals surface area contributed by atoms with Crippen LogP contribution in [-0.4, -0.2) is 25.2 Å². The molecule has 0 heterocycles. The first-order valence-electron chi connectivity index (χ1n) is 4.67. The number of hydrogen-bond donors (Lipinski definition) is 0. The van der Waals surface area contributed by atoms with Crippen molar-refractivity contribution >= 4 is 11.9 Å². The average Bonchev–Trinajstić information content (AvgIpc) is 2.20. The maximum atomic E-state index is 10.9. The van der Waals surface area contributed by atoms with Crippen molar-refractivity contribution in [3.63, 3.8) is 0 Å². The molecule has 0 fully saturated rings. The molecule has 4 heteroatoms. The zero-order valence-corrected chi connectivity index (χ0v) is 8.45. The summed E-state index contributed by atoms with van der Waals surface area (Å²) in [6, 6.07) is 0. The number of carbonyl (C=O) groups excluding carboxylic acids is 2. The van der Waals surface area contributed by atoms with Crippen LogP contribution >= 0.6 is 0 Å². The SMILES string of the molecule is C=CCOC(=O)C(=O)OCCCCC. The number of ether oxygens (including phenoxy) is 2. The van der Waals surface area contributed by atoms with Gasteiger partial charge in [-0.1, -0.05) is 32.4 Å². The molecule has 0 aromatic carbocycles. The number of carbonyl (C=O) groups is 2. The molecule has 80 valence electrons. The average molecular weight is 200 g/mol. The van der Waals surface area contributed by atoms with E-state index in [9.17, 15) is 9.59 Å². The Morgan fingerprint density at radius 1 is 1.21 bits per heavy atom. The van der Waals surface area contributed by atoms with Crippen LogP contribution in [0.5, 0.6) is 0 Å². The van der Waals surface area contributed by atoms with Crippen LogP contribution in [0.15, 0.2) is 12.7 Å². The quantitative estimate of drug-likeness (QED) is 0.282. The Bertz CT molecular complexity index is 198. The van der Waals surface area contributed by atoms with Gasteiger partial charge in [0, 0.05) is 0 Å². The van der Waals surface area contributed by atoms with Crippen molar-refractivity contribution in [1.82, 2.24) is 0 Å². The van der Waals surface area contributed by atoms with E-state index in [1.165, 1.54) is 6.08 Å². The highest BCUT2D eigenvalue weighted by Gasteiger charge is 2.15. The summed E-state index contributed by atoms with van der Waals surface area (Å²) in [5, 5.41) is 0. The largest absolute Gasteiger partial charge is 0.457 e. The van der Waals surface area contributed by atoms with E-state index in [1.54, 1.807) is 0 Å². The maximum absolute atomic E-state index is 10.9. The van der Waals surface area contributed by atoms with Crippen LogP contribution in [0.2, 0.25) is 0 Å². The number of hydrogen-bond acceptors (Lipinski definition) is 4. The van der Waals surface area contributed by atoms with Gasteiger partial charge in [-0.2, -0.15) is 0 Å². The summed E-state index contributed by atoms with van der Waals surface area (Å²) < 4.78 is 9.13. The Morgan fingerprint density at radius 3 is 2.43 bits per heavy atom. The number of rotatable bonds is 6. The normalized spacial score (nSPS) is 9.21. The summed E-state index contributed by atoms with van der Waals surface area (Å²) in [6.07, 6.45) is 4.19. The van der Waals surface area contributed by atoms with Crippen molar-refractivity contribution in [3.05, 3.63) is 12.7 Å². The van der Waals surface area contributed by atoms with E-state index < -0.39 is 11.9 Å². The smallest absolute Gasteiger partial charge is 0.417 e. The third kappa shape index (κ3) is 6.22. The van der Waals surface area contributed by atoms with Crippen LogP contribution in [0.25, 0.3) is 0 Å². The maximum Gasteiger partial charge on any atom is 0.417 e. The first kappa shape index (κ1) is 12.7. The van der Waals surface area contributed by atoms with Crippen LogP contribution < -0.4 is 0 Å². The lowest BCUT2D eigenvalue weighted by Crippen LogP contribution is -2.20. The standard InChI is InChI=1S/C10H16O4/c1-3-5-6-8-14-10(12)9(11)13-7-4-2/h4H,2-3,5-8H2,1H3. The Hall–Kier alpha value is -1.32. The van der Waals surface area contributed by atoms with Crippen LogP contribution in [0.4, 0.5) is 0 Å². The van der Waals surface area contributed by atoms with Gasteiger partial charge in [0.1, 0.15) is 6.61 Å². The lowest BCUT2D eigenvalue weighted by atomic mass is 10.3. The first-order chi connectivity index (χ1) is 6.72. The third-order valence-corrected chi connectivity index (χ3v) is 1.48. The van der Waals surface area contributed by atoms with Crippen molar-refractivity contribution in [2.24, 2.45) is 0 Å². The van der Waals surface area contributed by atoms with Crippen molar-refractivity contribution in [1.29, 1.82) is 0 Å². The molecular formula is C10H16O4. The molecule has 0 aromatic rings. The van der Waals surface area contributed by atoms with Gasteiger partial charge in [-0.05, 0) is 6.42 Å². The summed E-state index contributed by atoms with van der Waals surface area (Å²) in [4.78, 5) is 21.7. The Balaban J connectivity index is 3.52. The monoisotopic (exact) mass is 200 g/mol. The second-order valence-electron chi connectivity index (χ2n) is 2.73. The zero-order valence-electron chi connectivity index (χ0n) is 8.45. The fraction of sp³-hybridized carbons (Fsp3) is 0.600. The number of esters is 2. The Labute approximate surface area is 83.9 Å². The van der Waals surface area contributed by atoms with Gasteiger partial charge in [0.25, 0.3) is 0 Å². The fourth-order valence-electron chi connectivity index (χ4n) is 0.769. The van der Waals surface area contributed by atoms with E-state index in [4.69, 9.17) is 0 Å². The minimum atomic E-state index is -0.957. The van der Waals surface area contributed by atoms with E-state index in [0.29, 0.717) is 0 Å². The molecule has 0 saturated heterocycles. The molecule has 0 saturated carbocycles. The van der Waals surface area contributed by atoms with Crippen molar-refractivity contribution < 1.29 is 19.1 Å². The van der Waals surface area contributed by atoms with E-state index in [1.807, 2.05) is 6.92 Å². The molecule has 0 N–H and O–H groups in total. The fourth-order valence-corrected chi connectivity index (χ4v) is 0.769. The summed E-state index contributed by atoms with van der Waals surface area (Å²) >= 11 is 0.